The van der Waals surface area contributed by atoms with Crippen molar-refractivity contribution < 1.29 is 0 Å². The molecule has 1 saturated carbocycles. The van der Waals surface area contributed by atoms with E-state index in [0.717, 1.165) is 31.0 Å². The van der Waals surface area contributed by atoms with E-state index in [1.165, 1.54) is 0 Å². The van der Waals surface area contributed by atoms with E-state index in [1.807, 2.05) is 6.92 Å². The van der Waals surface area contributed by atoms with E-state index < -0.39 is 0 Å². The first-order valence-electron chi connectivity index (χ1n) is 5.26. The molecular formula is C10H20N4. The van der Waals surface area contributed by atoms with Crippen molar-refractivity contribution in [3.63, 3.8) is 0 Å². The van der Waals surface area contributed by atoms with E-state index in [0.29, 0.717) is 5.84 Å². The number of hydrogen-bond donors (Lipinski definition) is 2. The van der Waals surface area contributed by atoms with Gasteiger partial charge < -0.3 is 10.6 Å². The largest absolute Gasteiger partial charge is 0.386 e. The van der Waals surface area contributed by atoms with Crippen molar-refractivity contribution in [3.05, 3.63) is 0 Å². The van der Waals surface area contributed by atoms with Gasteiger partial charge in [-0.05, 0) is 32.9 Å². The fourth-order valence-electron chi connectivity index (χ4n) is 2.81. The van der Waals surface area contributed by atoms with E-state index in [2.05, 4.69) is 23.9 Å². The lowest BCUT2D eigenvalue weighted by Gasteiger charge is -2.26. The summed E-state index contributed by atoms with van der Waals surface area (Å²) >= 11 is 0. The molecule has 3 N–H and O–H groups in total. The molecule has 14 heavy (non-hydrogen) atoms. The van der Waals surface area contributed by atoms with Crippen LogP contribution >= 0.6 is 0 Å². The summed E-state index contributed by atoms with van der Waals surface area (Å²) in [5.41, 5.74) is 5.50. The second-order valence-electron chi connectivity index (χ2n) is 4.87. The standard InChI is InChI=1S/C10H20N4/c1-6(10(11)12)14-4-7-8(5-14)9(7)13(2)3/h6-9H,4-5H2,1-3H3,(H3,11,12). The minimum atomic E-state index is 0.130. The lowest BCUT2D eigenvalue weighted by molar-refractivity contribution is 0.234. The van der Waals surface area contributed by atoms with Gasteiger partial charge in [0.15, 0.2) is 0 Å². The monoisotopic (exact) mass is 196 g/mol. The first kappa shape index (κ1) is 9.93. The maximum absolute atomic E-state index is 7.41. The lowest BCUT2D eigenvalue weighted by atomic mass is 10.2. The van der Waals surface area contributed by atoms with Gasteiger partial charge in [0.05, 0.1) is 6.04 Å². The zero-order valence-electron chi connectivity index (χ0n) is 9.20. The molecule has 3 unspecified atom stereocenters. The highest BCUT2D eigenvalue weighted by atomic mass is 15.3. The average Bonchev–Trinajstić information content (AvgIpc) is 2.62. The zero-order valence-corrected chi connectivity index (χ0v) is 9.20. The first-order valence-corrected chi connectivity index (χ1v) is 5.26. The van der Waals surface area contributed by atoms with Crippen LogP contribution in [0.4, 0.5) is 0 Å². The van der Waals surface area contributed by atoms with Crippen LogP contribution in [0.15, 0.2) is 0 Å². The number of nitrogens with one attached hydrogen (secondary N) is 1. The van der Waals surface area contributed by atoms with E-state index in [-0.39, 0.29) is 6.04 Å². The highest BCUT2D eigenvalue weighted by molar-refractivity contribution is 5.82. The molecule has 80 valence electrons. The van der Waals surface area contributed by atoms with Crippen LogP contribution in [0.5, 0.6) is 0 Å². The molecule has 1 aliphatic carbocycles. The molecular weight excluding hydrogens is 176 g/mol. The quantitative estimate of drug-likeness (QED) is 0.485. The molecule has 0 bridgehead atoms. The Labute approximate surface area is 85.6 Å². The van der Waals surface area contributed by atoms with Crippen molar-refractivity contribution in [2.24, 2.45) is 17.6 Å². The zero-order chi connectivity index (χ0) is 10.5. The maximum atomic E-state index is 7.41. The van der Waals surface area contributed by atoms with Gasteiger partial charge in [0.25, 0.3) is 0 Å². The minimum Gasteiger partial charge on any atom is -0.386 e. The van der Waals surface area contributed by atoms with Crippen molar-refractivity contribution >= 4 is 5.84 Å². The smallest absolute Gasteiger partial charge is 0.108 e. The molecule has 0 aromatic heterocycles. The van der Waals surface area contributed by atoms with Crippen molar-refractivity contribution in [2.75, 3.05) is 27.2 Å². The first-order chi connectivity index (χ1) is 6.52. The van der Waals surface area contributed by atoms with Crippen LogP contribution in [-0.2, 0) is 0 Å². The molecule has 4 heteroatoms. The van der Waals surface area contributed by atoms with Crippen LogP contribution < -0.4 is 5.73 Å². The number of rotatable bonds is 3. The molecule has 3 atom stereocenters. The summed E-state index contributed by atoms with van der Waals surface area (Å²) in [6.45, 7) is 4.26. The van der Waals surface area contributed by atoms with Crippen molar-refractivity contribution in [1.29, 1.82) is 5.41 Å². The Morgan fingerprint density at radius 1 is 1.43 bits per heavy atom. The van der Waals surface area contributed by atoms with Gasteiger partial charge in [-0.2, -0.15) is 0 Å². The number of fused-ring (bicyclic) bond motifs is 1. The summed E-state index contributed by atoms with van der Waals surface area (Å²) in [6.07, 6.45) is 0. The van der Waals surface area contributed by atoms with Gasteiger partial charge in [0.1, 0.15) is 5.84 Å². The topological polar surface area (TPSA) is 56.4 Å². The molecule has 2 aliphatic rings. The van der Waals surface area contributed by atoms with E-state index >= 15 is 0 Å². The number of piperidine rings is 1. The number of nitrogens with two attached hydrogens (primary N) is 1. The SMILES string of the molecule is CC(C(=N)N)N1CC2C(C1)C2N(C)C. The Kier molecular flexibility index (Phi) is 2.27. The highest BCUT2D eigenvalue weighted by Gasteiger charge is 2.57. The van der Waals surface area contributed by atoms with E-state index in [4.69, 9.17) is 11.1 Å². The van der Waals surface area contributed by atoms with Crippen LogP contribution in [-0.4, -0.2) is 54.9 Å². The molecule has 1 heterocycles. The summed E-state index contributed by atoms with van der Waals surface area (Å²) in [5.74, 6) is 1.95. The van der Waals surface area contributed by atoms with Crippen LogP contribution in [0.25, 0.3) is 0 Å². The number of hydrogen-bond acceptors (Lipinski definition) is 3. The van der Waals surface area contributed by atoms with Gasteiger partial charge in [0, 0.05) is 19.1 Å². The van der Waals surface area contributed by atoms with Gasteiger partial charge in [-0.25, -0.2) is 0 Å². The third kappa shape index (κ3) is 1.42. The van der Waals surface area contributed by atoms with Crippen molar-refractivity contribution in [2.45, 2.75) is 19.0 Å². The normalized spacial score (nSPS) is 38.4. The second-order valence-corrected chi connectivity index (χ2v) is 4.87. The molecule has 4 nitrogen and oxygen atoms in total. The molecule has 0 amide bonds. The van der Waals surface area contributed by atoms with Gasteiger partial charge in [-0.1, -0.05) is 0 Å². The molecule has 0 aromatic rings. The Bertz CT molecular complexity index is 239. The molecule has 1 aliphatic heterocycles. The third-order valence-corrected chi connectivity index (χ3v) is 3.77. The van der Waals surface area contributed by atoms with Crippen LogP contribution in [0.2, 0.25) is 0 Å². The summed E-state index contributed by atoms with van der Waals surface area (Å²) in [6, 6.07) is 0.913. The minimum absolute atomic E-state index is 0.130. The summed E-state index contributed by atoms with van der Waals surface area (Å²) < 4.78 is 0. The fourth-order valence-corrected chi connectivity index (χ4v) is 2.81. The Morgan fingerprint density at radius 2 is 1.93 bits per heavy atom. The summed E-state index contributed by atoms with van der Waals surface area (Å²) in [7, 11) is 4.31. The second kappa shape index (κ2) is 3.21. The van der Waals surface area contributed by atoms with E-state index in [9.17, 15) is 0 Å². The van der Waals surface area contributed by atoms with Gasteiger partial charge in [-0.3, -0.25) is 10.3 Å². The third-order valence-electron chi connectivity index (χ3n) is 3.77. The molecule has 2 rings (SSSR count). The lowest BCUT2D eigenvalue weighted by Crippen LogP contribution is -2.43. The maximum Gasteiger partial charge on any atom is 0.108 e. The molecule has 0 spiro atoms. The predicted octanol–water partition coefficient (Wildman–Crippen LogP) is -0.197. The number of likely N-dealkylation sites (tertiary alicyclic amines) is 1. The molecule has 0 radical (unpaired) electrons. The van der Waals surface area contributed by atoms with Crippen LogP contribution in [0.1, 0.15) is 6.92 Å². The predicted molar refractivity (Wildman–Crippen MR) is 57.4 cm³/mol. The Balaban J connectivity index is 1.87. The Hall–Kier alpha value is -0.610. The van der Waals surface area contributed by atoms with Crippen molar-refractivity contribution in [3.8, 4) is 0 Å². The van der Waals surface area contributed by atoms with Gasteiger partial charge >= 0.3 is 0 Å². The summed E-state index contributed by atoms with van der Waals surface area (Å²) in [5, 5.41) is 7.41. The van der Waals surface area contributed by atoms with Crippen molar-refractivity contribution in [1.82, 2.24) is 9.80 Å². The molecule has 2 fully saturated rings. The van der Waals surface area contributed by atoms with E-state index in [1.54, 1.807) is 0 Å². The number of nitrogens with zero attached hydrogens (tertiary/aromatic N) is 2. The average molecular weight is 196 g/mol. The van der Waals surface area contributed by atoms with Gasteiger partial charge in [-0.15, -0.1) is 0 Å². The summed E-state index contributed by atoms with van der Waals surface area (Å²) in [4.78, 5) is 4.66. The molecule has 0 aromatic carbocycles. The van der Waals surface area contributed by atoms with Crippen LogP contribution in [0.3, 0.4) is 0 Å². The molecule has 1 saturated heterocycles. The highest BCUT2D eigenvalue weighted by Crippen LogP contribution is 2.48. The van der Waals surface area contributed by atoms with Crippen LogP contribution in [0, 0.1) is 17.2 Å². The van der Waals surface area contributed by atoms with Gasteiger partial charge in [0.2, 0.25) is 0 Å². The number of amidine groups is 1. The fraction of sp³-hybridized carbons (Fsp3) is 0.900. The Morgan fingerprint density at radius 3 is 2.29 bits per heavy atom.